The van der Waals surface area contributed by atoms with Crippen LogP contribution in [0.3, 0.4) is 0 Å². The number of carbonyl (C=O) groups is 1. The van der Waals surface area contributed by atoms with Gasteiger partial charge >= 0.3 is 0 Å². The second-order valence-electron chi connectivity index (χ2n) is 12.0. The van der Waals surface area contributed by atoms with Gasteiger partial charge in [-0.15, -0.1) is 0 Å². The zero-order valence-corrected chi connectivity index (χ0v) is 30.6. The van der Waals surface area contributed by atoms with E-state index in [1.807, 2.05) is 109 Å². The molecule has 0 saturated heterocycles. The fourth-order valence-corrected chi connectivity index (χ4v) is 7.32. The first kappa shape index (κ1) is 36.7. The number of carbonyl (C=O) groups excluding carboxylic acids is 1. The molecule has 2 atom stereocenters. The van der Waals surface area contributed by atoms with Crippen molar-refractivity contribution >= 4 is 39.5 Å². The molecule has 264 valence electrons. The van der Waals surface area contributed by atoms with Crippen LogP contribution < -0.4 is 15.6 Å². The first-order valence-electron chi connectivity index (χ1n) is 16.8. The smallest absolute Gasteiger partial charge is 0.266 e. The predicted octanol–water partition coefficient (Wildman–Crippen LogP) is 8.49. The van der Waals surface area contributed by atoms with E-state index in [4.69, 9.17) is 19.6 Å². The summed E-state index contributed by atoms with van der Waals surface area (Å²) in [6.07, 6.45) is -0.176. The number of aliphatic hydroxyl groups is 1. The fourth-order valence-electron chi connectivity index (χ4n) is 5.93. The Hall–Kier alpha value is -5.10. The van der Waals surface area contributed by atoms with E-state index >= 15 is 0 Å². The molecule has 1 heterocycles. The van der Waals surface area contributed by atoms with Crippen molar-refractivity contribution in [2.24, 2.45) is 10.1 Å². The van der Waals surface area contributed by atoms with Gasteiger partial charge in [0.1, 0.15) is 5.75 Å². The van der Waals surface area contributed by atoms with Crippen molar-refractivity contribution in [2.45, 2.75) is 47.4 Å². The molecule has 1 aliphatic heterocycles. The van der Waals surface area contributed by atoms with E-state index in [0.29, 0.717) is 36.4 Å². The van der Waals surface area contributed by atoms with Crippen LogP contribution in [0.5, 0.6) is 5.75 Å². The number of hydrogen-bond donors (Lipinski definition) is 3. The van der Waals surface area contributed by atoms with Crippen LogP contribution in [0.4, 0.5) is 0 Å². The molecule has 0 radical (unpaired) electrons. The summed E-state index contributed by atoms with van der Waals surface area (Å²) in [5.41, 5.74) is 17.8. The van der Waals surface area contributed by atoms with Crippen LogP contribution in [0.1, 0.15) is 40.3 Å². The summed E-state index contributed by atoms with van der Waals surface area (Å²) < 4.78 is 13.3. The maximum Gasteiger partial charge on any atom is 0.266 e. The minimum Gasteiger partial charge on any atom is -0.494 e. The number of aliphatic hydroxyl groups excluding tert-OH is 1. The second kappa shape index (κ2) is 17.9. The Morgan fingerprint density at radius 1 is 0.923 bits per heavy atom. The van der Waals surface area contributed by atoms with E-state index < -0.39 is 11.6 Å². The van der Waals surface area contributed by atoms with Crippen molar-refractivity contribution in [3.8, 4) is 5.75 Å². The number of aliphatic imine (C=N–C) groups is 1. The van der Waals surface area contributed by atoms with Gasteiger partial charge in [-0.1, -0.05) is 112 Å². The third-order valence-electron chi connectivity index (χ3n) is 8.51. The van der Waals surface area contributed by atoms with Crippen molar-refractivity contribution in [1.29, 1.82) is 0 Å². The number of benzene rings is 5. The number of azide groups is 1. The Bertz CT molecular complexity index is 2060. The molecule has 10 nitrogen and oxygen atoms in total. The molecule has 52 heavy (non-hydrogen) atoms. The lowest BCUT2D eigenvalue weighted by Crippen LogP contribution is -2.53. The summed E-state index contributed by atoms with van der Waals surface area (Å²) in [4.78, 5) is 25.1. The van der Waals surface area contributed by atoms with Crippen molar-refractivity contribution in [2.75, 3.05) is 13.2 Å². The minimum atomic E-state index is -1.49. The first-order chi connectivity index (χ1) is 25.5. The van der Waals surface area contributed by atoms with Gasteiger partial charge in [0.05, 0.1) is 13.2 Å². The van der Waals surface area contributed by atoms with E-state index in [2.05, 4.69) is 55.0 Å². The van der Waals surface area contributed by atoms with Crippen LogP contribution >= 0.6 is 27.7 Å². The highest BCUT2D eigenvalue weighted by atomic mass is 79.9. The molecule has 12 heteroatoms. The molecule has 0 fully saturated rings. The van der Waals surface area contributed by atoms with Gasteiger partial charge in [0.25, 0.3) is 5.91 Å². The lowest BCUT2D eigenvalue weighted by atomic mass is 9.80. The molecule has 0 aliphatic carbocycles. The zero-order valence-electron chi connectivity index (χ0n) is 28.2. The SMILES string of the molecule is [N-]=[N+]=NCc1ccccc1[C@@H]1OC(c2ccc(OCCCO)cc2)=N[C@]1(Cc1ccccc1Br)C(=O)NNCc1ccccc1Sc1ccccc1. The van der Waals surface area contributed by atoms with Gasteiger partial charge in [-0.05, 0) is 76.3 Å². The highest BCUT2D eigenvalue weighted by Crippen LogP contribution is 2.44. The van der Waals surface area contributed by atoms with Crippen molar-refractivity contribution in [1.82, 2.24) is 10.9 Å². The normalized spacial score (nSPS) is 16.3. The molecule has 0 spiro atoms. The number of nitrogens with zero attached hydrogens (tertiary/aromatic N) is 4. The molecule has 1 aliphatic rings. The molecule has 0 bridgehead atoms. The number of ether oxygens (including phenoxy) is 2. The summed E-state index contributed by atoms with van der Waals surface area (Å²) in [6.45, 7) is 0.860. The minimum absolute atomic E-state index is 0.0426. The van der Waals surface area contributed by atoms with Gasteiger partial charge in [-0.25, -0.2) is 10.4 Å². The van der Waals surface area contributed by atoms with Gasteiger partial charge in [0.15, 0.2) is 11.6 Å². The maximum atomic E-state index is 14.8. The monoisotopic (exact) mass is 776 g/mol. The Balaban J connectivity index is 1.37. The number of hydrogen-bond acceptors (Lipinski definition) is 8. The molecule has 5 aromatic carbocycles. The largest absolute Gasteiger partial charge is 0.494 e. The third-order valence-corrected chi connectivity index (χ3v) is 10.4. The molecule has 1 amide bonds. The molecule has 0 saturated carbocycles. The summed E-state index contributed by atoms with van der Waals surface area (Å²) in [5.74, 6) is 0.537. The van der Waals surface area contributed by atoms with E-state index in [1.165, 1.54) is 0 Å². The highest BCUT2D eigenvalue weighted by molar-refractivity contribution is 9.10. The summed E-state index contributed by atoms with van der Waals surface area (Å²) in [5, 5.41) is 13.0. The van der Waals surface area contributed by atoms with Crippen molar-refractivity contribution < 1.29 is 19.4 Å². The molecular weight excluding hydrogens is 740 g/mol. The fraction of sp³-hybridized carbons (Fsp3) is 0.200. The second-order valence-corrected chi connectivity index (χ2v) is 13.9. The van der Waals surface area contributed by atoms with Gasteiger partial charge in [-0.3, -0.25) is 10.2 Å². The maximum absolute atomic E-state index is 14.8. The number of rotatable bonds is 16. The van der Waals surface area contributed by atoms with Crippen LogP contribution in [0.2, 0.25) is 0 Å². The van der Waals surface area contributed by atoms with Crippen molar-refractivity contribution in [3.05, 3.63) is 170 Å². The number of hydrazine groups is 1. The van der Waals surface area contributed by atoms with Crippen LogP contribution in [0.25, 0.3) is 10.4 Å². The van der Waals surface area contributed by atoms with Crippen LogP contribution in [-0.2, 0) is 29.0 Å². The molecular formula is C40H37BrN6O4S. The Morgan fingerprint density at radius 3 is 2.37 bits per heavy atom. The van der Waals surface area contributed by atoms with E-state index in [-0.39, 0.29) is 31.4 Å². The van der Waals surface area contributed by atoms with Crippen LogP contribution in [0, 0.1) is 0 Å². The quantitative estimate of drug-likeness (QED) is 0.0302. The average molecular weight is 778 g/mol. The van der Waals surface area contributed by atoms with Gasteiger partial charge in [-0.2, -0.15) is 0 Å². The van der Waals surface area contributed by atoms with Crippen LogP contribution in [-0.4, -0.2) is 35.7 Å². The Labute approximate surface area is 315 Å². The molecule has 6 rings (SSSR count). The topological polar surface area (TPSA) is 141 Å². The summed E-state index contributed by atoms with van der Waals surface area (Å²) >= 11 is 5.35. The lowest BCUT2D eigenvalue weighted by molar-refractivity contribution is -0.130. The predicted molar refractivity (Wildman–Crippen MR) is 206 cm³/mol. The lowest BCUT2D eigenvalue weighted by Gasteiger charge is -2.32. The van der Waals surface area contributed by atoms with Crippen molar-refractivity contribution in [3.63, 3.8) is 0 Å². The molecule has 5 aromatic rings. The summed E-state index contributed by atoms with van der Waals surface area (Å²) in [7, 11) is 0. The standard InChI is InChI=1S/C40H37BrN6O4S/c41-35-17-8-5-11-29(35)25-40(39(49)46-43-27-31-13-6-9-18-36(31)52-33-14-2-1-3-15-33)37(34-16-7-4-12-30(34)26-44-47-42)51-38(45-40)28-19-21-32(22-20-28)50-24-10-23-48/h1-9,11-22,37,43,48H,10,23-27H2,(H,46,49)/t37-,40-/m0/s1. The van der Waals surface area contributed by atoms with Gasteiger partial charge in [0.2, 0.25) is 5.90 Å². The number of halogens is 1. The van der Waals surface area contributed by atoms with Gasteiger partial charge in [0, 0.05) is 50.7 Å². The van der Waals surface area contributed by atoms with E-state index in [1.54, 1.807) is 11.8 Å². The molecule has 0 aromatic heterocycles. The summed E-state index contributed by atoms with van der Waals surface area (Å²) in [6, 6.07) is 40.7. The average Bonchev–Trinajstić information content (AvgIpc) is 3.56. The van der Waals surface area contributed by atoms with Gasteiger partial charge < -0.3 is 14.6 Å². The zero-order chi connectivity index (χ0) is 36.2. The molecule has 0 unspecified atom stereocenters. The van der Waals surface area contributed by atoms with Crippen LogP contribution in [0.15, 0.2) is 152 Å². The third kappa shape index (κ3) is 8.85. The first-order valence-corrected chi connectivity index (χ1v) is 18.4. The Morgan fingerprint density at radius 2 is 1.62 bits per heavy atom. The number of nitrogens with one attached hydrogen (secondary N) is 2. The van der Waals surface area contributed by atoms with E-state index in [0.717, 1.165) is 31.0 Å². The highest BCUT2D eigenvalue weighted by Gasteiger charge is 2.54. The molecule has 3 N–H and O–H groups in total. The number of amides is 1. The van der Waals surface area contributed by atoms with E-state index in [9.17, 15) is 10.3 Å². The Kier molecular flexibility index (Phi) is 12.6.